The van der Waals surface area contributed by atoms with Gasteiger partial charge in [-0.1, -0.05) is 13.3 Å². The number of aliphatic hydroxyl groups excluding tert-OH is 1. The van der Waals surface area contributed by atoms with E-state index >= 15 is 0 Å². The van der Waals surface area contributed by atoms with E-state index in [1.54, 1.807) is 11.3 Å². The van der Waals surface area contributed by atoms with Gasteiger partial charge in [0.2, 0.25) is 0 Å². The Kier molecular flexibility index (Phi) is 2.65. The summed E-state index contributed by atoms with van der Waals surface area (Å²) in [5.41, 5.74) is 0.833. The largest absolute Gasteiger partial charge is 0.390 e. The second-order valence-corrected chi connectivity index (χ2v) is 4.84. The van der Waals surface area contributed by atoms with Crippen LogP contribution < -0.4 is 0 Å². The van der Waals surface area contributed by atoms with Gasteiger partial charge < -0.3 is 5.11 Å². The van der Waals surface area contributed by atoms with Crippen molar-refractivity contribution in [1.82, 2.24) is 4.98 Å². The van der Waals surface area contributed by atoms with Gasteiger partial charge in [0.1, 0.15) is 0 Å². The third kappa shape index (κ3) is 1.92. The molecule has 0 aromatic carbocycles. The lowest BCUT2D eigenvalue weighted by molar-refractivity contribution is 0.277. The molecule has 3 heteroatoms. The van der Waals surface area contributed by atoms with Crippen molar-refractivity contribution in [1.29, 1.82) is 0 Å². The van der Waals surface area contributed by atoms with Crippen LogP contribution in [0.25, 0.3) is 0 Å². The molecule has 1 heterocycles. The minimum absolute atomic E-state index is 0.0821. The molecule has 2 unspecified atom stereocenters. The van der Waals surface area contributed by atoms with Crippen LogP contribution in [0.2, 0.25) is 0 Å². The van der Waals surface area contributed by atoms with Crippen molar-refractivity contribution in [3.63, 3.8) is 0 Å². The molecule has 0 spiro atoms. The average molecular weight is 197 g/mol. The number of aromatic nitrogens is 1. The summed E-state index contributed by atoms with van der Waals surface area (Å²) in [6.07, 6.45) is 3.89. The molecular weight excluding hydrogens is 182 g/mol. The molecule has 2 rings (SSSR count). The van der Waals surface area contributed by atoms with E-state index in [2.05, 4.69) is 11.9 Å². The maximum atomic E-state index is 8.89. The van der Waals surface area contributed by atoms with Gasteiger partial charge in [-0.3, -0.25) is 0 Å². The van der Waals surface area contributed by atoms with Gasteiger partial charge in [0.15, 0.2) is 0 Å². The molecule has 0 amide bonds. The Morgan fingerprint density at radius 3 is 3.00 bits per heavy atom. The van der Waals surface area contributed by atoms with Crippen molar-refractivity contribution >= 4 is 11.3 Å². The molecule has 0 saturated heterocycles. The molecule has 0 bridgehead atoms. The van der Waals surface area contributed by atoms with E-state index in [0.717, 1.165) is 11.6 Å². The smallest absolute Gasteiger partial charge is 0.0960 e. The third-order valence-corrected chi connectivity index (χ3v) is 3.83. The van der Waals surface area contributed by atoms with Gasteiger partial charge in [-0.05, 0) is 18.8 Å². The van der Waals surface area contributed by atoms with E-state index in [9.17, 15) is 0 Å². The first-order valence-electron chi connectivity index (χ1n) is 4.84. The van der Waals surface area contributed by atoms with Crippen LogP contribution in [0.1, 0.15) is 42.8 Å². The Morgan fingerprint density at radius 1 is 1.62 bits per heavy atom. The second kappa shape index (κ2) is 3.76. The van der Waals surface area contributed by atoms with Gasteiger partial charge in [-0.2, -0.15) is 0 Å². The molecule has 72 valence electrons. The van der Waals surface area contributed by atoms with Gasteiger partial charge >= 0.3 is 0 Å². The number of nitrogens with zero attached hydrogens (tertiary/aromatic N) is 1. The molecule has 13 heavy (non-hydrogen) atoms. The minimum Gasteiger partial charge on any atom is -0.390 e. The monoisotopic (exact) mass is 197 g/mol. The molecule has 0 radical (unpaired) electrons. The van der Waals surface area contributed by atoms with Crippen LogP contribution >= 0.6 is 11.3 Å². The second-order valence-electron chi connectivity index (χ2n) is 3.95. The SMILES string of the molecule is CC1CCC(c2nc(CO)cs2)C1. The van der Waals surface area contributed by atoms with Crippen LogP contribution in [0.15, 0.2) is 5.38 Å². The lowest BCUT2D eigenvalue weighted by atomic mass is 10.1. The molecule has 1 N–H and O–H groups in total. The van der Waals surface area contributed by atoms with Gasteiger partial charge in [-0.15, -0.1) is 11.3 Å². The zero-order valence-electron chi connectivity index (χ0n) is 7.86. The molecular formula is C10H15NOS. The van der Waals surface area contributed by atoms with E-state index in [1.807, 2.05) is 5.38 Å². The first-order chi connectivity index (χ1) is 6.29. The summed E-state index contributed by atoms with van der Waals surface area (Å²) in [6.45, 7) is 2.39. The van der Waals surface area contributed by atoms with Crippen molar-refractivity contribution in [3.8, 4) is 0 Å². The summed E-state index contributed by atoms with van der Waals surface area (Å²) in [6, 6.07) is 0. The summed E-state index contributed by atoms with van der Waals surface area (Å²) < 4.78 is 0. The van der Waals surface area contributed by atoms with Crippen LogP contribution in [0, 0.1) is 5.92 Å². The predicted molar refractivity (Wildman–Crippen MR) is 53.8 cm³/mol. The molecule has 2 atom stereocenters. The van der Waals surface area contributed by atoms with Crippen LogP contribution in [-0.4, -0.2) is 10.1 Å². The first-order valence-corrected chi connectivity index (χ1v) is 5.72. The van der Waals surface area contributed by atoms with Crippen molar-refractivity contribution in [2.24, 2.45) is 5.92 Å². The van der Waals surface area contributed by atoms with Crippen LogP contribution in [0.3, 0.4) is 0 Å². The highest BCUT2D eigenvalue weighted by Crippen LogP contribution is 2.38. The van der Waals surface area contributed by atoms with Gasteiger partial charge in [0, 0.05) is 11.3 Å². The van der Waals surface area contributed by atoms with Crippen molar-refractivity contribution in [2.45, 2.75) is 38.7 Å². The first kappa shape index (κ1) is 9.16. The Labute approximate surface area is 82.6 Å². The minimum atomic E-state index is 0.0821. The molecule has 0 aliphatic heterocycles. The Morgan fingerprint density at radius 2 is 2.46 bits per heavy atom. The molecule has 1 saturated carbocycles. The number of hydrogen-bond acceptors (Lipinski definition) is 3. The Balaban J connectivity index is 2.08. The van der Waals surface area contributed by atoms with Crippen molar-refractivity contribution < 1.29 is 5.11 Å². The fourth-order valence-corrected chi connectivity index (χ4v) is 2.97. The summed E-state index contributed by atoms with van der Waals surface area (Å²) in [5, 5.41) is 12.1. The van der Waals surface area contributed by atoms with Crippen molar-refractivity contribution in [2.75, 3.05) is 0 Å². The van der Waals surface area contributed by atoms with E-state index in [4.69, 9.17) is 5.11 Å². The topological polar surface area (TPSA) is 33.1 Å². The maximum absolute atomic E-state index is 8.89. The standard InChI is InChI=1S/C10H15NOS/c1-7-2-3-8(4-7)10-11-9(5-12)6-13-10/h6-8,12H,2-5H2,1H3. The fourth-order valence-electron chi connectivity index (χ4n) is 2.01. The lowest BCUT2D eigenvalue weighted by Crippen LogP contribution is -1.93. The molecule has 1 aromatic heterocycles. The summed E-state index contributed by atoms with van der Waals surface area (Å²) in [7, 11) is 0. The normalized spacial score (nSPS) is 28.2. The van der Waals surface area contributed by atoms with Crippen LogP contribution in [0.4, 0.5) is 0 Å². The highest BCUT2D eigenvalue weighted by Gasteiger charge is 2.24. The zero-order valence-corrected chi connectivity index (χ0v) is 8.68. The quantitative estimate of drug-likeness (QED) is 0.790. The van der Waals surface area contributed by atoms with E-state index < -0.39 is 0 Å². The highest BCUT2D eigenvalue weighted by atomic mass is 32.1. The zero-order chi connectivity index (χ0) is 9.26. The van der Waals surface area contributed by atoms with Crippen LogP contribution in [0.5, 0.6) is 0 Å². The number of hydrogen-bond donors (Lipinski definition) is 1. The lowest BCUT2D eigenvalue weighted by Gasteiger charge is -2.03. The van der Waals surface area contributed by atoms with E-state index in [0.29, 0.717) is 5.92 Å². The molecule has 1 aliphatic carbocycles. The Bertz CT molecular complexity index is 284. The molecule has 2 nitrogen and oxygen atoms in total. The number of aliphatic hydroxyl groups is 1. The van der Waals surface area contributed by atoms with Crippen LogP contribution in [-0.2, 0) is 6.61 Å². The number of thiazole rings is 1. The van der Waals surface area contributed by atoms with E-state index in [-0.39, 0.29) is 6.61 Å². The fraction of sp³-hybridized carbons (Fsp3) is 0.700. The average Bonchev–Trinajstić information content (AvgIpc) is 2.71. The van der Waals surface area contributed by atoms with Crippen molar-refractivity contribution in [3.05, 3.63) is 16.1 Å². The number of rotatable bonds is 2. The Hall–Kier alpha value is -0.410. The molecule has 1 aromatic rings. The summed E-state index contributed by atoms with van der Waals surface area (Å²) >= 11 is 1.70. The summed E-state index contributed by atoms with van der Waals surface area (Å²) in [5.74, 6) is 1.52. The maximum Gasteiger partial charge on any atom is 0.0960 e. The molecule has 1 aliphatic rings. The third-order valence-electron chi connectivity index (χ3n) is 2.78. The predicted octanol–water partition coefficient (Wildman–Crippen LogP) is 2.54. The van der Waals surface area contributed by atoms with Gasteiger partial charge in [-0.25, -0.2) is 4.98 Å². The van der Waals surface area contributed by atoms with Gasteiger partial charge in [0.05, 0.1) is 17.3 Å². The summed E-state index contributed by atoms with van der Waals surface area (Å²) in [4.78, 5) is 4.41. The van der Waals surface area contributed by atoms with E-state index in [1.165, 1.54) is 24.3 Å². The molecule has 1 fully saturated rings. The van der Waals surface area contributed by atoms with Gasteiger partial charge in [0.25, 0.3) is 0 Å². The highest BCUT2D eigenvalue weighted by molar-refractivity contribution is 7.09.